The Morgan fingerprint density at radius 3 is 2.04 bits per heavy atom. The molecule has 1 N–H and O–H groups in total. The fraction of sp³-hybridized carbons (Fsp3) is 0. The van der Waals surface area contributed by atoms with Crippen molar-refractivity contribution in [3.05, 3.63) is 85.1 Å². The van der Waals surface area contributed by atoms with Gasteiger partial charge in [-0.1, -0.05) is 36.4 Å². The first-order chi connectivity index (χ1) is 12.7. The maximum atomic E-state index is 13.9. The van der Waals surface area contributed by atoms with Crippen molar-refractivity contribution in [3.8, 4) is 11.6 Å². The number of rotatable bonds is 4. The third-order valence-electron chi connectivity index (χ3n) is 3.95. The normalized spacial score (nSPS) is 11.4. The van der Waals surface area contributed by atoms with E-state index in [1.54, 1.807) is 36.4 Å². The quantitative estimate of drug-likeness (QED) is 0.561. The molecule has 4 rings (SSSR count). The molecular weight excluding hydrogens is 347 g/mol. The third-order valence-corrected chi connectivity index (χ3v) is 6.35. The van der Waals surface area contributed by atoms with Crippen LogP contribution in [0, 0.1) is 0 Å². The Hall–Kier alpha value is -3.17. The van der Waals surface area contributed by atoms with E-state index in [1.807, 2.05) is 36.4 Å². The number of pyridine rings is 2. The fourth-order valence-corrected chi connectivity index (χ4v) is 4.68. The molecule has 0 radical (unpaired) electrons. The molecule has 0 aliphatic carbocycles. The van der Waals surface area contributed by atoms with Gasteiger partial charge < -0.3 is 9.63 Å². The van der Waals surface area contributed by atoms with Crippen molar-refractivity contribution in [2.24, 2.45) is 0 Å². The second-order valence-electron chi connectivity index (χ2n) is 5.66. The van der Waals surface area contributed by atoms with Crippen LogP contribution in [0.25, 0.3) is 11.0 Å². The summed E-state index contributed by atoms with van der Waals surface area (Å²) in [5.41, 5.74) is 0.837. The molecule has 128 valence electrons. The monoisotopic (exact) mass is 362 g/mol. The molecule has 2 aromatic heterocycles. The van der Waals surface area contributed by atoms with E-state index >= 15 is 0 Å². The van der Waals surface area contributed by atoms with Gasteiger partial charge in [0.1, 0.15) is 11.3 Å². The summed E-state index contributed by atoms with van der Waals surface area (Å²) in [6, 6.07) is 22.8. The minimum Gasteiger partial charge on any atom is -0.506 e. The van der Waals surface area contributed by atoms with E-state index in [4.69, 9.17) is 4.52 Å². The summed E-state index contributed by atoms with van der Waals surface area (Å²) in [5, 5.41) is 11.1. The summed E-state index contributed by atoms with van der Waals surface area (Å²) in [6.07, 6.45) is 1.50. The van der Waals surface area contributed by atoms with Gasteiger partial charge in [0.15, 0.2) is 0 Å². The highest BCUT2D eigenvalue weighted by molar-refractivity contribution is 7.74. The molecule has 0 atom stereocenters. The highest BCUT2D eigenvalue weighted by atomic mass is 31.2. The molecule has 26 heavy (non-hydrogen) atoms. The second-order valence-corrected chi connectivity index (χ2v) is 7.98. The van der Waals surface area contributed by atoms with Crippen molar-refractivity contribution in [2.75, 3.05) is 0 Å². The van der Waals surface area contributed by atoms with Gasteiger partial charge in [0.2, 0.25) is 5.88 Å². The molecular formula is C20H15N2O3P. The first kappa shape index (κ1) is 16.3. The molecule has 0 aliphatic heterocycles. The molecule has 0 unspecified atom stereocenters. The van der Waals surface area contributed by atoms with Crippen LogP contribution in [-0.4, -0.2) is 15.1 Å². The first-order valence-corrected chi connectivity index (χ1v) is 9.65. The molecule has 2 heterocycles. The molecule has 0 fully saturated rings. The molecule has 0 aliphatic rings. The van der Waals surface area contributed by atoms with Crippen LogP contribution in [0.3, 0.4) is 0 Å². The SMILES string of the molecule is O=P(Oc1ccc2nccc(O)c2n1)(c1ccccc1)c1ccccc1. The van der Waals surface area contributed by atoms with Crippen molar-refractivity contribution >= 4 is 29.0 Å². The van der Waals surface area contributed by atoms with Crippen LogP contribution in [0.5, 0.6) is 11.6 Å². The Morgan fingerprint density at radius 2 is 1.42 bits per heavy atom. The number of benzene rings is 2. The molecule has 0 amide bonds. The van der Waals surface area contributed by atoms with Gasteiger partial charge in [0.05, 0.1) is 16.1 Å². The zero-order chi connectivity index (χ0) is 18.0. The van der Waals surface area contributed by atoms with Crippen LogP contribution < -0.4 is 15.1 Å². The first-order valence-electron chi connectivity index (χ1n) is 8.02. The lowest BCUT2D eigenvalue weighted by Crippen LogP contribution is -2.20. The minimum atomic E-state index is -3.40. The van der Waals surface area contributed by atoms with E-state index in [0.29, 0.717) is 21.6 Å². The van der Waals surface area contributed by atoms with Gasteiger partial charge in [-0.05, 0) is 30.3 Å². The number of aromatic hydroxyl groups is 1. The lowest BCUT2D eigenvalue weighted by Gasteiger charge is -2.19. The van der Waals surface area contributed by atoms with E-state index in [1.165, 1.54) is 12.3 Å². The molecule has 0 bridgehead atoms. The summed E-state index contributed by atoms with van der Waals surface area (Å²) in [7, 11) is -3.40. The number of aromatic nitrogens is 2. The van der Waals surface area contributed by atoms with Crippen LogP contribution in [0.1, 0.15) is 0 Å². The molecule has 2 aromatic carbocycles. The zero-order valence-corrected chi connectivity index (χ0v) is 14.6. The predicted octanol–water partition coefficient (Wildman–Crippen LogP) is 3.64. The summed E-state index contributed by atoms with van der Waals surface area (Å²) < 4.78 is 19.8. The van der Waals surface area contributed by atoms with Gasteiger partial charge in [-0.2, -0.15) is 0 Å². The Balaban J connectivity index is 1.84. The molecule has 6 heteroatoms. The van der Waals surface area contributed by atoms with Crippen molar-refractivity contribution < 1.29 is 14.2 Å². The van der Waals surface area contributed by atoms with Crippen molar-refractivity contribution in [1.29, 1.82) is 0 Å². The number of nitrogens with zero attached hydrogens (tertiary/aromatic N) is 2. The Labute approximate surface area is 150 Å². The Bertz CT molecular complexity index is 1060. The van der Waals surface area contributed by atoms with E-state index in [0.717, 1.165) is 0 Å². The number of hydrogen-bond acceptors (Lipinski definition) is 5. The predicted molar refractivity (Wildman–Crippen MR) is 102 cm³/mol. The average Bonchev–Trinajstić information content (AvgIpc) is 2.70. The molecule has 0 saturated carbocycles. The Morgan fingerprint density at radius 1 is 0.808 bits per heavy atom. The van der Waals surface area contributed by atoms with Gasteiger partial charge in [0, 0.05) is 18.3 Å². The Kier molecular flexibility index (Phi) is 4.15. The highest BCUT2D eigenvalue weighted by Crippen LogP contribution is 2.44. The van der Waals surface area contributed by atoms with E-state index in [9.17, 15) is 9.67 Å². The summed E-state index contributed by atoms with van der Waals surface area (Å²) in [6.45, 7) is 0. The van der Waals surface area contributed by atoms with Crippen LogP contribution in [0.2, 0.25) is 0 Å². The van der Waals surface area contributed by atoms with E-state index in [2.05, 4.69) is 9.97 Å². The van der Waals surface area contributed by atoms with Gasteiger partial charge in [0.25, 0.3) is 0 Å². The molecule has 4 aromatic rings. The molecule has 0 spiro atoms. The summed E-state index contributed by atoms with van der Waals surface area (Å²) in [4.78, 5) is 8.45. The lowest BCUT2D eigenvalue weighted by atomic mass is 10.3. The summed E-state index contributed by atoms with van der Waals surface area (Å²) >= 11 is 0. The van der Waals surface area contributed by atoms with Gasteiger partial charge in [-0.3, -0.25) is 9.55 Å². The topological polar surface area (TPSA) is 72.3 Å². The zero-order valence-electron chi connectivity index (χ0n) is 13.7. The van der Waals surface area contributed by atoms with Crippen molar-refractivity contribution in [2.45, 2.75) is 0 Å². The largest absolute Gasteiger partial charge is 0.506 e. The number of fused-ring (bicyclic) bond motifs is 1. The van der Waals surface area contributed by atoms with Gasteiger partial charge in [-0.25, -0.2) is 4.98 Å². The van der Waals surface area contributed by atoms with Crippen molar-refractivity contribution in [3.63, 3.8) is 0 Å². The maximum Gasteiger partial charge on any atom is 0.308 e. The average molecular weight is 362 g/mol. The molecule has 5 nitrogen and oxygen atoms in total. The van der Waals surface area contributed by atoms with E-state index in [-0.39, 0.29) is 11.6 Å². The smallest absolute Gasteiger partial charge is 0.308 e. The lowest BCUT2D eigenvalue weighted by molar-refractivity contribution is 0.476. The van der Waals surface area contributed by atoms with Crippen molar-refractivity contribution in [1.82, 2.24) is 9.97 Å². The second kappa shape index (κ2) is 6.62. The standard InChI is InChI=1S/C20H15N2O3P/c23-18-13-14-21-17-11-12-19(22-20(17)18)25-26(24,15-7-3-1-4-8-15)16-9-5-2-6-10-16/h1-14H,(H,21,23). The van der Waals surface area contributed by atoms with Crippen LogP contribution in [0.4, 0.5) is 0 Å². The third kappa shape index (κ3) is 2.93. The fourth-order valence-electron chi connectivity index (χ4n) is 2.68. The van der Waals surface area contributed by atoms with Gasteiger partial charge >= 0.3 is 7.37 Å². The minimum absolute atomic E-state index is 0.00490. The van der Waals surface area contributed by atoms with Crippen LogP contribution >= 0.6 is 7.37 Å². The van der Waals surface area contributed by atoms with Gasteiger partial charge in [-0.15, -0.1) is 0 Å². The van der Waals surface area contributed by atoms with Crippen LogP contribution in [-0.2, 0) is 4.57 Å². The number of hydrogen-bond donors (Lipinski definition) is 1. The van der Waals surface area contributed by atoms with E-state index < -0.39 is 7.37 Å². The maximum absolute atomic E-state index is 13.9. The summed E-state index contributed by atoms with van der Waals surface area (Å²) in [5.74, 6) is 0.159. The highest BCUT2D eigenvalue weighted by Gasteiger charge is 2.30. The molecule has 0 saturated heterocycles. The van der Waals surface area contributed by atoms with Crippen LogP contribution in [0.15, 0.2) is 85.1 Å².